The van der Waals surface area contributed by atoms with Crippen molar-refractivity contribution in [2.24, 2.45) is 0 Å². The number of hydrogen-bond donors (Lipinski definition) is 2. The molecule has 0 aromatic heterocycles. The molecule has 116 valence electrons. The number of rotatable bonds is 3. The van der Waals surface area contributed by atoms with Crippen molar-refractivity contribution in [3.05, 3.63) is 59.4 Å². The van der Waals surface area contributed by atoms with Crippen LogP contribution in [0, 0.1) is 5.82 Å². The summed E-state index contributed by atoms with van der Waals surface area (Å²) in [7, 11) is 0. The second-order valence-electron chi connectivity index (χ2n) is 4.21. The number of carbonyl (C=O) groups is 1. The maximum atomic E-state index is 13.7. The first-order valence-corrected chi connectivity index (χ1v) is 5.90. The largest absolute Gasteiger partial charge is 0.454 e. The number of hydroxylamine groups is 1. The fourth-order valence-electron chi connectivity index (χ4n) is 1.63. The highest BCUT2D eigenvalue weighted by atomic mass is 19.4. The zero-order valence-electron chi connectivity index (χ0n) is 10.8. The minimum atomic E-state index is -4.47. The topological polar surface area (TPSA) is 58.6 Å². The molecule has 0 aliphatic carbocycles. The van der Waals surface area contributed by atoms with E-state index in [0.29, 0.717) is 0 Å². The summed E-state index contributed by atoms with van der Waals surface area (Å²) in [4.78, 5) is 11.1. The monoisotopic (exact) mass is 315 g/mol. The van der Waals surface area contributed by atoms with Crippen LogP contribution in [0.15, 0.2) is 42.5 Å². The van der Waals surface area contributed by atoms with Gasteiger partial charge in [0.25, 0.3) is 5.91 Å². The molecule has 0 fully saturated rings. The van der Waals surface area contributed by atoms with Gasteiger partial charge in [0, 0.05) is 5.56 Å². The summed E-state index contributed by atoms with van der Waals surface area (Å²) in [5.41, 5.74) is 0.354. The van der Waals surface area contributed by atoms with Crippen molar-refractivity contribution >= 4 is 5.91 Å². The summed E-state index contributed by atoms with van der Waals surface area (Å²) in [6, 6.07) is 6.85. The van der Waals surface area contributed by atoms with E-state index < -0.39 is 23.5 Å². The van der Waals surface area contributed by atoms with Gasteiger partial charge >= 0.3 is 6.18 Å². The van der Waals surface area contributed by atoms with Crippen LogP contribution in [0.25, 0.3) is 0 Å². The molecule has 0 saturated carbocycles. The Kier molecular flexibility index (Phi) is 4.32. The van der Waals surface area contributed by atoms with Gasteiger partial charge in [-0.3, -0.25) is 10.0 Å². The highest BCUT2D eigenvalue weighted by Crippen LogP contribution is 2.32. The van der Waals surface area contributed by atoms with Gasteiger partial charge in [-0.05, 0) is 42.5 Å². The van der Waals surface area contributed by atoms with Crippen LogP contribution in [0.5, 0.6) is 11.5 Å². The lowest BCUT2D eigenvalue weighted by Gasteiger charge is -2.10. The van der Waals surface area contributed by atoms with Crippen LogP contribution in [0.2, 0.25) is 0 Å². The first-order chi connectivity index (χ1) is 10.3. The van der Waals surface area contributed by atoms with Gasteiger partial charge in [-0.15, -0.1) is 0 Å². The van der Waals surface area contributed by atoms with E-state index in [1.54, 1.807) is 0 Å². The highest BCUT2D eigenvalue weighted by Gasteiger charge is 2.30. The Morgan fingerprint density at radius 1 is 1.09 bits per heavy atom. The summed E-state index contributed by atoms with van der Waals surface area (Å²) >= 11 is 0. The van der Waals surface area contributed by atoms with E-state index >= 15 is 0 Å². The Morgan fingerprint density at radius 2 is 1.73 bits per heavy atom. The van der Waals surface area contributed by atoms with Gasteiger partial charge < -0.3 is 4.74 Å². The van der Waals surface area contributed by atoms with Crippen molar-refractivity contribution in [1.29, 1.82) is 0 Å². The molecule has 8 heteroatoms. The maximum absolute atomic E-state index is 13.7. The third-order valence-electron chi connectivity index (χ3n) is 2.71. The van der Waals surface area contributed by atoms with Crippen LogP contribution in [-0.4, -0.2) is 11.1 Å². The van der Waals surface area contributed by atoms with E-state index in [2.05, 4.69) is 0 Å². The van der Waals surface area contributed by atoms with Crippen molar-refractivity contribution < 1.29 is 32.3 Å². The lowest BCUT2D eigenvalue weighted by molar-refractivity contribution is -0.137. The van der Waals surface area contributed by atoms with Gasteiger partial charge in [0.2, 0.25) is 0 Å². The molecule has 0 aliphatic heterocycles. The Balaban J connectivity index is 2.19. The van der Waals surface area contributed by atoms with E-state index in [-0.39, 0.29) is 17.1 Å². The molecule has 2 aromatic rings. The number of benzene rings is 2. The Hall–Kier alpha value is -2.61. The minimum absolute atomic E-state index is 0.00580. The molecule has 4 nitrogen and oxygen atoms in total. The summed E-state index contributed by atoms with van der Waals surface area (Å²) in [5.74, 6) is -2.07. The second-order valence-corrected chi connectivity index (χ2v) is 4.21. The number of hydrogen-bond acceptors (Lipinski definition) is 3. The van der Waals surface area contributed by atoms with Crippen LogP contribution in [0.4, 0.5) is 17.6 Å². The average molecular weight is 315 g/mol. The summed E-state index contributed by atoms with van der Waals surface area (Å²) in [5, 5.41) is 8.43. The van der Waals surface area contributed by atoms with Gasteiger partial charge in [0.1, 0.15) is 5.75 Å². The van der Waals surface area contributed by atoms with E-state index in [1.165, 1.54) is 11.5 Å². The number of carbonyl (C=O) groups excluding carboxylic acids is 1. The van der Waals surface area contributed by atoms with Crippen molar-refractivity contribution in [1.82, 2.24) is 5.48 Å². The van der Waals surface area contributed by atoms with Crippen LogP contribution in [0.3, 0.4) is 0 Å². The molecular formula is C14H9F4NO3. The molecule has 0 bridgehead atoms. The quantitative estimate of drug-likeness (QED) is 0.515. The van der Waals surface area contributed by atoms with E-state index in [1.807, 2.05) is 0 Å². The zero-order chi connectivity index (χ0) is 16.3. The molecule has 0 radical (unpaired) electrons. The smallest absolute Gasteiger partial charge is 0.416 e. The molecule has 0 unspecified atom stereocenters. The predicted octanol–water partition coefficient (Wildman–Crippen LogP) is 3.76. The summed E-state index contributed by atoms with van der Waals surface area (Å²) in [6.07, 6.45) is -4.47. The molecule has 22 heavy (non-hydrogen) atoms. The van der Waals surface area contributed by atoms with Crippen LogP contribution in [0.1, 0.15) is 15.9 Å². The average Bonchev–Trinajstić information content (AvgIpc) is 2.48. The van der Waals surface area contributed by atoms with Crippen LogP contribution in [-0.2, 0) is 6.18 Å². The highest BCUT2D eigenvalue weighted by molar-refractivity contribution is 5.93. The standard InChI is InChI=1S/C14H9F4NO3/c15-11-7-8(13(20)19-21)1-6-12(11)22-10-4-2-9(3-5-10)14(16,17)18/h1-7,21H,(H,19,20). The molecule has 0 heterocycles. The van der Waals surface area contributed by atoms with Crippen LogP contribution < -0.4 is 10.2 Å². The van der Waals surface area contributed by atoms with E-state index in [0.717, 1.165) is 36.4 Å². The predicted molar refractivity (Wildman–Crippen MR) is 67.2 cm³/mol. The number of alkyl halides is 3. The van der Waals surface area contributed by atoms with Crippen molar-refractivity contribution in [2.75, 3.05) is 0 Å². The fraction of sp³-hybridized carbons (Fsp3) is 0.0714. The first kappa shape index (κ1) is 15.8. The lowest BCUT2D eigenvalue weighted by atomic mass is 10.2. The van der Waals surface area contributed by atoms with E-state index in [9.17, 15) is 22.4 Å². The Labute approximate surface area is 121 Å². The fourth-order valence-corrected chi connectivity index (χ4v) is 1.63. The molecular weight excluding hydrogens is 306 g/mol. The molecule has 0 aliphatic rings. The maximum Gasteiger partial charge on any atom is 0.416 e. The Bertz CT molecular complexity index is 683. The number of nitrogens with one attached hydrogen (secondary N) is 1. The normalized spacial score (nSPS) is 11.1. The first-order valence-electron chi connectivity index (χ1n) is 5.90. The number of amides is 1. The summed E-state index contributed by atoms with van der Waals surface area (Å²) < 4.78 is 56.1. The van der Waals surface area contributed by atoms with Gasteiger partial charge in [-0.25, -0.2) is 9.87 Å². The SMILES string of the molecule is O=C(NO)c1ccc(Oc2ccc(C(F)(F)F)cc2)c(F)c1. The third-order valence-corrected chi connectivity index (χ3v) is 2.71. The van der Waals surface area contributed by atoms with Gasteiger partial charge in [0.05, 0.1) is 5.56 Å². The van der Waals surface area contributed by atoms with Crippen molar-refractivity contribution in [2.45, 2.75) is 6.18 Å². The lowest BCUT2D eigenvalue weighted by Crippen LogP contribution is -2.18. The molecule has 2 N–H and O–H groups in total. The molecule has 0 saturated heterocycles. The summed E-state index contributed by atoms with van der Waals surface area (Å²) in [6.45, 7) is 0. The van der Waals surface area contributed by atoms with Crippen molar-refractivity contribution in [3.8, 4) is 11.5 Å². The second kappa shape index (κ2) is 6.02. The third kappa shape index (κ3) is 3.53. The van der Waals surface area contributed by atoms with Gasteiger partial charge in [0.15, 0.2) is 11.6 Å². The van der Waals surface area contributed by atoms with Gasteiger partial charge in [-0.2, -0.15) is 13.2 Å². The van der Waals surface area contributed by atoms with Crippen LogP contribution >= 0.6 is 0 Å². The number of halogens is 4. The van der Waals surface area contributed by atoms with Gasteiger partial charge in [-0.1, -0.05) is 0 Å². The molecule has 1 amide bonds. The zero-order valence-corrected chi connectivity index (χ0v) is 10.8. The minimum Gasteiger partial charge on any atom is -0.454 e. The van der Waals surface area contributed by atoms with E-state index in [4.69, 9.17) is 9.94 Å². The molecule has 0 atom stereocenters. The number of ether oxygens (including phenoxy) is 1. The molecule has 0 spiro atoms. The Morgan fingerprint density at radius 3 is 2.23 bits per heavy atom. The van der Waals surface area contributed by atoms with Crippen molar-refractivity contribution in [3.63, 3.8) is 0 Å². The molecule has 2 rings (SSSR count). The molecule has 2 aromatic carbocycles.